The molecular weight excluding hydrogens is 368 g/mol. The van der Waals surface area contributed by atoms with Gasteiger partial charge in [-0.25, -0.2) is 0 Å². The second-order valence-corrected chi connectivity index (χ2v) is 8.57. The average molecular weight is 411 g/mol. The molecule has 0 saturated carbocycles. The molecule has 0 bridgehead atoms. The van der Waals surface area contributed by atoms with Crippen LogP contribution in [0.2, 0.25) is 0 Å². The normalized spacial score (nSPS) is 31.5. The first kappa shape index (κ1) is 24.4. The van der Waals surface area contributed by atoms with E-state index in [1.807, 2.05) is 32.9 Å². The van der Waals surface area contributed by atoms with Crippen molar-refractivity contribution in [3.63, 3.8) is 0 Å². The predicted octanol–water partition coefficient (Wildman–Crippen LogP) is 5.74. The Morgan fingerprint density at radius 2 is 1.76 bits per heavy atom. The molecule has 0 amide bonds. The standard InChI is InChI=1S/C24H42O5/c1-6-9-10-11-12-13-14-15-17-25-21-19(8-3)23(26-16-7-2)28-20-18-27-24(4,5)29-22(20)21/h7-8,16,19-23H,3,6,9-15,17-18H2,1-2,4-5H3/b16-7-/t19-,20?,21?,22?,23+/m1/s1. The Labute approximate surface area is 177 Å². The summed E-state index contributed by atoms with van der Waals surface area (Å²) in [5.41, 5.74) is 0. The summed E-state index contributed by atoms with van der Waals surface area (Å²) in [6.07, 6.45) is 14.6. The summed E-state index contributed by atoms with van der Waals surface area (Å²) in [6.45, 7) is 13.2. The highest BCUT2D eigenvalue weighted by atomic mass is 16.8. The molecule has 2 heterocycles. The third-order valence-corrected chi connectivity index (χ3v) is 5.64. The van der Waals surface area contributed by atoms with Gasteiger partial charge in [0.05, 0.1) is 24.9 Å². The van der Waals surface area contributed by atoms with Gasteiger partial charge < -0.3 is 23.7 Å². The van der Waals surface area contributed by atoms with Crippen LogP contribution in [0.5, 0.6) is 0 Å². The van der Waals surface area contributed by atoms with Crippen molar-refractivity contribution in [2.45, 2.75) is 109 Å². The fourth-order valence-corrected chi connectivity index (χ4v) is 4.03. The van der Waals surface area contributed by atoms with Crippen LogP contribution in [0.4, 0.5) is 0 Å². The van der Waals surface area contributed by atoms with E-state index in [1.165, 1.54) is 44.9 Å². The first-order valence-corrected chi connectivity index (χ1v) is 11.5. The van der Waals surface area contributed by atoms with Gasteiger partial charge in [-0.1, -0.05) is 64.0 Å². The lowest BCUT2D eigenvalue weighted by Gasteiger charge is -2.50. The van der Waals surface area contributed by atoms with E-state index in [0.29, 0.717) is 13.2 Å². The third kappa shape index (κ3) is 7.71. The summed E-state index contributed by atoms with van der Waals surface area (Å²) in [7, 11) is 0. The number of unbranched alkanes of at least 4 members (excludes halogenated alkanes) is 7. The molecule has 0 N–H and O–H groups in total. The van der Waals surface area contributed by atoms with Crippen LogP contribution in [-0.2, 0) is 23.7 Å². The molecule has 29 heavy (non-hydrogen) atoms. The van der Waals surface area contributed by atoms with Gasteiger partial charge in [0.25, 0.3) is 0 Å². The van der Waals surface area contributed by atoms with Crippen LogP contribution in [0.3, 0.4) is 0 Å². The Kier molecular flexibility index (Phi) is 10.7. The largest absolute Gasteiger partial charge is 0.472 e. The minimum Gasteiger partial charge on any atom is -0.472 e. The van der Waals surface area contributed by atoms with Crippen molar-refractivity contribution in [3.8, 4) is 0 Å². The van der Waals surface area contributed by atoms with E-state index in [-0.39, 0.29) is 24.2 Å². The molecule has 5 nitrogen and oxygen atoms in total. The van der Waals surface area contributed by atoms with Gasteiger partial charge in [-0.3, -0.25) is 0 Å². The minimum absolute atomic E-state index is 0.101. The number of fused-ring (bicyclic) bond motifs is 1. The predicted molar refractivity (Wildman–Crippen MR) is 116 cm³/mol. The average Bonchev–Trinajstić information content (AvgIpc) is 2.70. The van der Waals surface area contributed by atoms with Crippen molar-refractivity contribution in [3.05, 3.63) is 25.0 Å². The summed E-state index contributed by atoms with van der Waals surface area (Å²) < 4.78 is 30.3. The van der Waals surface area contributed by atoms with E-state index in [0.717, 1.165) is 6.42 Å². The summed E-state index contributed by atoms with van der Waals surface area (Å²) in [4.78, 5) is 0. The molecule has 0 radical (unpaired) electrons. The van der Waals surface area contributed by atoms with Crippen LogP contribution in [0.25, 0.3) is 0 Å². The molecule has 0 aromatic carbocycles. The molecule has 2 aliphatic rings. The topological polar surface area (TPSA) is 46.2 Å². The van der Waals surface area contributed by atoms with Gasteiger partial charge in [0.2, 0.25) is 6.29 Å². The number of hydrogen-bond acceptors (Lipinski definition) is 5. The van der Waals surface area contributed by atoms with Crippen molar-refractivity contribution in [1.82, 2.24) is 0 Å². The summed E-state index contributed by atoms with van der Waals surface area (Å²) >= 11 is 0. The SMILES string of the molecule is C=C[C@@H]1C(OCCCCCCCCCC)C2OC(C)(C)OCC2O[C@@H]1O/C=C\C. The highest BCUT2D eigenvalue weighted by Crippen LogP contribution is 2.37. The van der Waals surface area contributed by atoms with E-state index in [4.69, 9.17) is 23.7 Å². The van der Waals surface area contributed by atoms with Crippen molar-refractivity contribution in [2.24, 2.45) is 5.92 Å². The molecule has 3 unspecified atom stereocenters. The van der Waals surface area contributed by atoms with E-state index in [9.17, 15) is 0 Å². The second kappa shape index (κ2) is 12.7. The third-order valence-electron chi connectivity index (χ3n) is 5.64. The Balaban J connectivity index is 1.88. The minimum atomic E-state index is -0.645. The zero-order valence-electron chi connectivity index (χ0n) is 18.9. The number of allylic oxidation sites excluding steroid dienone is 1. The lowest BCUT2D eigenvalue weighted by atomic mass is 9.89. The van der Waals surface area contributed by atoms with Gasteiger partial charge in [-0.2, -0.15) is 0 Å². The molecule has 5 heteroatoms. The zero-order chi connectivity index (χ0) is 21.1. The maximum atomic E-state index is 6.37. The van der Waals surface area contributed by atoms with Crippen LogP contribution in [0.15, 0.2) is 25.0 Å². The van der Waals surface area contributed by atoms with E-state index >= 15 is 0 Å². The molecule has 168 valence electrons. The molecule has 0 aromatic rings. The van der Waals surface area contributed by atoms with Crippen LogP contribution < -0.4 is 0 Å². The van der Waals surface area contributed by atoms with Crippen LogP contribution in [0, 0.1) is 5.92 Å². The molecule has 5 atom stereocenters. The summed E-state index contributed by atoms with van der Waals surface area (Å²) in [6, 6.07) is 0. The first-order chi connectivity index (χ1) is 14.0. The fraction of sp³-hybridized carbons (Fsp3) is 0.833. The Morgan fingerprint density at radius 3 is 2.41 bits per heavy atom. The Hall–Kier alpha value is -0.880. The van der Waals surface area contributed by atoms with Crippen LogP contribution >= 0.6 is 0 Å². The van der Waals surface area contributed by atoms with Crippen LogP contribution in [0.1, 0.15) is 79.1 Å². The van der Waals surface area contributed by atoms with Crippen molar-refractivity contribution in [1.29, 1.82) is 0 Å². The maximum absolute atomic E-state index is 6.37. The molecule has 2 fully saturated rings. The van der Waals surface area contributed by atoms with Gasteiger partial charge in [-0.15, -0.1) is 6.58 Å². The maximum Gasteiger partial charge on any atom is 0.208 e. The Bertz CT molecular complexity index is 490. The van der Waals surface area contributed by atoms with E-state index in [1.54, 1.807) is 6.26 Å². The molecule has 2 saturated heterocycles. The fourth-order valence-electron chi connectivity index (χ4n) is 4.03. The van der Waals surface area contributed by atoms with Gasteiger partial charge in [-0.05, 0) is 27.2 Å². The van der Waals surface area contributed by atoms with Gasteiger partial charge in [0, 0.05) is 6.61 Å². The molecule has 0 aromatic heterocycles. The molecule has 0 aliphatic carbocycles. The smallest absolute Gasteiger partial charge is 0.208 e. The summed E-state index contributed by atoms with van der Waals surface area (Å²) in [5, 5.41) is 0. The first-order valence-electron chi connectivity index (χ1n) is 11.5. The van der Waals surface area contributed by atoms with Gasteiger partial charge >= 0.3 is 0 Å². The number of rotatable bonds is 13. The van der Waals surface area contributed by atoms with Crippen molar-refractivity contribution >= 4 is 0 Å². The quantitative estimate of drug-likeness (QED) is 0.220. The second-order valence-electron chi connectivity index (χ2n) is 8.57. The summed E-state index contributed by atoms with van der Waals surface area (Å²) in [5.74, 6) is -0.747. The van der Waals surface area contributed by atoms with Crippen molar-refractivity contribution in [2.75, 3.05) is 13.2 Å². The zero-order valence-corrected chi connectivity index (χ0v) is 18.9. The molecule has 2 aliphatic heterocycles. The molecule has 0 spiro atoms. The Morgan fingerprint density at radius 1 is 1.07 bits per heavy atom. The number of hydrogen-bond donors (Lipinski definition) is 0. The van der Waals surface area contributed by atoms with E-state index < -0.39 is 12.1 Å². The van der Waals surface area contributed by atoms with Gasteiger partial charge in [0.1, 0.15) is 12.2 Å². The highest BCUT2D eigenvalue weighted by molar-refractivity contribution is 5.01. The lowest BCUT2D eigenvalue weighted by Crippen LogP contribution is -2.63. The van der Waals surface area contributed by atoms with Crippen LogP contribution in [-0.4, -0.2) is 43.6 Å². The lowest BCUT2D eigenvalue weighted by molar-refractivity contribution is -0.371. The van der Waals surface area contributed by atoms with Crippen molar-refractivity contribution < 1.29 is 23.7 Å². The van der Waals surface area contributed by atoms with E-state index in [2.05, 4.69) is 13.5 Å². The molecule has 2 rings (SSSR count). The number of ether oxygens (including phenoxy) is 5. The molecular formula is C24H42O5. The monoisotopic (exact) mass is 410 g/mol. The van der Waals surface area contributed by atoms with Gasteiger partial charge in [0.15, 0.2) is 5.79 Å². The highest BCUT2D eigenvalue weighted by Gasteiger charge is 2.51.